The second-order valence-corrected chi connectivity index (χ2v) is 8.15. The lowest BCUT2D eigenvalue weighted by atomic mass is 10.4. The van der Waals surface area contributed by atoms with Gasteiger partial charge in [-0.05, 0) is 34.1 Å². The maximum Gasteiger partial charge on any atom is 0.413 e. The maximum atomic E-state index is 12.0. The van der Waals surface area contributed by atoms with Crippen molar-refractivity contribution in [1.82, 2.24) is 0 Å². The summed E-state index contributed by atoms with van der Waals surface area (Å²) in [6, 6.07) is 2.94. The zero-order chi connectivity index (χ0) is 15.8. The van der Waals surface area contributed by atoms with E-state index in [0.29, 0.717) is 0 Å². The minimum absolute atomic E-state index is 0.105. The molecule has 114 valence electrons. The van der Waals surface area contributed by atoms with Gasteiger partial charge in [0, 0.05) is 10.7 Å². The molecule has 0 amide bonds. The van der Waals surface area contributed by atoms with Gasteiger partial charge in [-0.2, -0.15) is 21.6 Å². The first-order chi connectivity index (χ1) is 8.83. The molecule has 0 aromatic heterocycles. The SMILES string of the molecule is CS(=O)(=O)c1ccc(Br)c(S(=O)(=O)OCC(F)(F)F)c1. The van der Waals surface area contributed by atoms with Crippen LogP contribution in [0.25, 0.3) is 0 Å². The molecule has 0 aliphatic carbocycles. The fourth-order valence-corrected chi connectivity index (χ4v) is 3.67. The summed E-state index contributed by atoms with van der Waals surface area (Å²) in [5, 5.41) is 0. The van der Waals surface area contributed by atoms with E-state index in [1.165, 1.54) is 0 Å². The van der Waals surface area contributed by atoms with Gasteiger partial charge < -0.3 is 0 Å². The molecule has 0 aliphatic heterocycles. The van der Waals surface area contributed by atoms with Gasteiger partial charge in [0.15, 0.2) is 16.4 Å². The van der Waals surface area contributed by atoms with Crippen LogP contribution in [0.4, 0.5) is 13.2 Å². The number of benzene rings is 1. The van der Waals surface area contributed by atoms with E-state index in [0.717, 1.165) is 24.5 Å². The van der Waals surface area contributed by atoms with Crippen LogP contribution in [0.15, 0.2) is 32.5 Å². The lowest BCUT2D eigenvalue weighted by Crippen LogP contribution is -2.21. The Bertz CT molecular complexity index is 710. The molecular weight excluding hydrogens is 389 g/mol. The third-order valence-electron chi connectivity index (χ3n) is 1.98. The molecule has 1 aromatic carbocycles. The fraction of sp³-hybridized carbons (Fsp3) is 0.333. The number of hydrogen-bond donors (Lipinski definition) is 0. The van der Waals surface area contributed by atoms with Gasteiger partial charge in [0.1, 0.15) is 4.90 Å². The van der Waals surface area contributed by atoms with Crippen LogP contribution in [0.2, 0.25) is 0 Å². The maximum absolute atomic E-state index is 12.0. The Morgan fingerprint density at radius 3 is 2.20 bits per heavy atom. The highest BCUT2D eigenvalue weighted by Crippen LogP contribution is 2.28. The monoisotopic (exact) mass is 396 g/mol. The standard InChI is InChI=1S/C9H8BrF3O5S2/c1-19(14,15)6-2-3-7(10)8(4-6)20(16,17)18-5-9(11,12)13/h2-4H,5H2,1H3. The zero-order valence-electron chi connectivity index (χ0n) is 9.81. The van der Waals surface area contributed by atoms with E-state index in [-0.39, 0.29) is 9.37 Å². The first-order valence-corrected chi connectivity index (χ1v) is 8.88. The molecule has 0 N–H and O–H groups in total. The number of hydrogen-bond acceptors (Lipinski definition) is 5. The highest BCUT2D eigenvalue weighted by Gasteiger charge is 2.32. The lowest BCUT2D eigenvalue weighted by molar-refractivity contribution is -0.152. The summed E-state index contributed by atoms with van der Waals surface area (Å²) in [6.07, 6.45) is -3.99. The Hall–Kier alpha value is -0.650. The van der Waals surface area contributed by atoms with Gasteiger partial charge >= 0.3 is 6.18 Å². The first-order valence-electron chi connectivity index (χ1n) is 4.79. The van der Waals surface area contributed by atoms with E-state index < -0.39 is 37.6 Å². The largest absolute Gasteiger partial charge is 0.413 e. The van der Waals surface area contributed by atoms with Crippen molar-refractivity contribution in [1.29, 1.82) is 0 Å². The minimum Gasteiger partial charge on any atom is -0.257 e. The second kappa shape index (κ2) is 5.62. The highest BCUT2D eigenvalue weighted by molar-refractivity contribution is 9.10. The molecule has 1 aromatic rings. The molecule has 0 heterocycles. The van der Waals surface area contributed by atoms with E-state index in [2.05, 4.69) is 20.1 Å². The summed E-state index contributed by atoms with van der Waals surface area (Å²) in [5.74, 6) is 0. The van der Waals surface area contributed by atoms with Gasteiger partial charge in [-0.1, -0.05) is 0 Å². The number of halogens is 4. The number of alkyl halides is 3. The molecule has 0 saturated heterocycles. The first kappa shape index (κ1) is 17.4. The van der Waals surface area contributed by atoms with Gasteiger partial charge in [0.25, 0.3) is 10.1 Å². The molecule has 0 saturated carbocycles. The summed E-state index contributed by atoms with van der Waals surface area (Å²) in [6.45, 7) is -2.00. The van der Waals surface area contributed by atoms with E-state index >= 15 is 0 Å². The van der Waals surface area contributed by atoms with Crippen molar-refractivity contribution in [3.63, 3.8) is 0 Å². The normalized spacial score (nSPS) is 13.4. The molecule has 0 unspecified atom stereocenters. The Morgan fingerprint density at radius 2 is 1.75 bits per heavy atom. The third-order valence-corrected chi connectivity index (χ3v) is 5.35. The Morgan fingerprint density at radius 1 is 1.20 bits per heavy atom. The van der Waals surface area contributed by atoms with Crippen molar-refractivity contribution in [2.45, 2.75) is 16.0 Å². The Labute approximate surface area is 121 Å². The summed E-state index contributed by atoms with van der Waals surface area (Å²) in [7, 11) is -8.45. The van der Waals surface area contributed by atoms with Crippen molar-refractivity contribution in [2.75, 3.05) is 12.9 Å². The van der Waals surface area contributed by atoms with Crippen LogP contribution >= 0.6 is 15.9 Å². The molecule has 5 nitrogen and oxygen atoms in total. The summed E-state index contributed by atoms with van der Waals surface area (Å²) >= 11 is 2.82. The summed E-state index contributed by atoms with van der Waals surface area (Å²) < 4.78 is 85.6. The molecule has 20 heavy (non-hydrogen) atoms. The van der Waals surface area contributed by atoms with Crippen molar-refractivity contribution < 1.29 is 34.2 Å². The van der Waals surface area contributed by atoms with Crippen molar-refractivity contribution in [3.8, 4) is 0 Å². The minimum atomic E-state index is -4.83. The van der Waals surface area contributed by atoms with Gasteiger partial charge in [0.05, 0.1) is 4.90 Å². The molecule has 11 heteroatoms. The van der Waals surface area contributed by atoms with Crippen LogP contribution in [0.1, 0.15) is 0 Å². The highest BCUT2D eigenvalue weighted by atomic mass is 79.9. The van der Waals surface area contributed by atoms with Gasteiger partial charge in [-0.25, -0.2) is 8.42 Å². The van der Waals surface area contributed by atoms with Gasteiger partial charge in [0.2, 0.25) is 0 Å². The van der Waals surface area contributed by atoms with E-state index in [1.54, 1.807) is 0 Å². The molecule has 1 rings (SSSR count). The predicted octanol–water partition coefficient (Wildman–Crippen LogP) is 2.12. The molecule has 0 atom stereocenters. The van der Waals surface area contributed by atoms with Crippen LogP contribution in [-0.2, 0) is 24.1 Å². The molecule has 0 radical (unpaired) electrons. The smallest absolute Gasteiger partial charge is 0.257 e. The summed E-state index contributed by atoms with van der Waals surface area (Å²) in [4.78, 5) is -1.04. The molecule has 0 fully saturated rings. The molecule has 0 spiro atoms. The number of sulfone groups is 1. The van der Waals surface area contributed by atoms with Crippen LogP contribution in [-0.4, -0.2) is 35.9 Å². The zero-order valence-corrected chi connectivity index (χ0v) is 13.0. The van der Waals surface area contributed by atoms with Crippen LogP contribution < -0.4 is 0 Å². The van der Waals surface area contributed by atoms with E-state index in [4.69, 9.17) is 0 Å². The lowest BCUT2D eigenvalue weighted by Gasteiger charge is -2.10. The van der Waals surface area contributed by atoms with Crippen LogP contribution in [0, 0.1) is 0 Å². The third kappa shape index (κ3) is 4.72. The van der Waals surface area contributed by atoms with Crippen LogP contribution in [0.5, 0.6) is 0 Å². The topological polar surface area (TPSA) is 77.5 Å². The van der Waals surface area contributed by atoms with Gasteiger partial charge in [-0.15, -0.1) is 0 Å². The Kier molecular flexibility index (Phi) is 4.89. The molecule has 0 aliphatic rings. The summed E-state index contributed by atoms with van der Waals surface area (Å²) in [5.41, 5.74) is 0. The fourth-order valence-electron chi connectivity index (χ4n) is 1.11. The number of rotatable bonds is 4. The van der Waals surface area contributed by atoms with E-state index in [1.807, 2.05) is 0 Å². The quantitative estimate of drug-likeness (QED) is 0.728. The van der Waals surface area contributed by atoms with Crippen LogP contribution in [0.3, 0.4) is 0 Å². The average molecular weight is 397 g/mol. The second-order valence-electron chi connectivity index (χ2n) is 3.70. The van der Waals surface area contributed by atoms with Crippen molar-refractivity contribution >= 4 is 35.9 Å². The Balaban J connectivity index is 3.25. The average Bonchev–Trinajstić information content (AvgIpc) is 2.24. The molecule has 0 bridgehead atoms. The van der Waals surface area contributed by atoms with E-state index in [9.17, 15) is 30.0 Å². The van der Waals surface area contributed by atoms with Crippen molar-refractivity contribution in [3.05, 3.63) is 22.7 Å². The molecular formula is C9H8BrF3O5S2. The van der Waals surface area contributed by atoms with Crippen molar-refractivity contribution in [2.24, 2.45) is 0 Å². The predicted molar refractivity (Wildman–Crippen MR) is 66.4 cm³/mol. The van der Waals surface area contributed by atoms with Gasteiger partial charge in [-0.3, -0.25) is 4.18 Å².